The van der Waals surface area contributed by atoms with E-state index in [1.54, 1.807) is 0 Å². The molecule has 2 bridgehead atoms. The quantitative estimate of drug-likeness (QED) is 0.685. The zero-order valence-electron chi connectivity index (χ0n) is 8.32. The lowest BCUT2D eigenvalue weighted by Gasteiger charge is -2.30. The second-order valence-electron chi connectivity index (χ2n) is 4.54. The Labute approximate surface area is 84.7 Å². The highest BCUT2D eigenvalue weighted by molar-refractivity contribution is 5.68. The Kier molecular flexibility index (Phi) is 1.69. The number of nitrogen functional groups attached to an aromatic ring is 1. The van der Waals surface area contributed by atoms with Crippen molar-refractivity contribution >= 4 is 11.4 Å². The summed E-state index contributed by atoms with van der Waals surface area (Å²) in [5.41, 5.74) is 8.17. The standard InChI is InChI=1S/C12H16N2/c13-11-3-1-2-4-12(11)14-8-9-5-6-10(14)7-9/h1-4,9-10H,5-8,13H2/t9-,10+/m1/s1. The van der Waals surface area contributed by atoms with E-state index >= 15 is 0 Å². The van der Waals surface area contributed by atoms with E-state index in [1.165, 1.54) is 31.5 Å². The van der Waals surface area contributed by atoms with Gasteiger partial charge in [0.05, 0.1) is 11.4 Å². The SMILES string of the molecule is Nc1ccccc1N1C[C@@H]2CC[C@H]1C2. The second-order valence-corrected chi connectivity index (χ2v) is 4.54. The summed E-state index contributed by atoms with van der Waals surface area (Å²) in [4.78, 5) is 2.50. The number of nitrogens with zero attached hydrogens (tertiary/aromatic N) is 1. The van der Waals surface area contributed by atoms with E-state index in [1.807, 2.05) is 12.1 Å². The Bertz CT molecular complexity index is 348. The Morgan fingerprint density at radius 3 is 2.71 bits per heavy atom. The molecule has 2 fully saturated rings. The van der Waals surface area contributed by atoms with Crippen molar-refractivity contribution < 1.29 is 0 Å². The highest BCUT2D eigenvalue weighted by Crippen LogP contribution is 2.41. The first-order valence-electron chi connectivity index (χ1n) is 5.46. The van der Waals surface area contributed by atoms with Crippen molar-refractivity contribution in [2.45, 2.75) is 25.3 Å². The Morgan fingerprint density at radius 2 is 2.07 bits per heavy atom. The summed E-state index contributed by atoms with van der Waals surface area (Å²) in [5, 5.41) is 0. The molecule has 0 spiro atoms. The smallest absolute Gasteiger partial charge is 0.0602 e. The molecule has 14 heavy (non-hydrogen) atoms. The van der Waals surface area contributed by atoms with Gasteiger partial charge in [-0.2, -0.15) is 0 Å². The molecule has 3 rings (SSSR count). The fraction of sp³-hybridized carbons (Fsp3) is 0.500. The summed E-state index contributed by atoms with van der Waals surface area (Å²) in [7, 11) is 0. The number of para-hydroxylation sites is 2. The van der Waals surface area contributed by atoms with Crippen molar-refractivity contribution in [3.8, 4) is 0 Å². The molecule has 1 saturated carbocycles. The highest BCUT2D eigenvalue weighted by atomic mass is 15.2. The van der Waals surface area contributed by atoms with Crippen LogP contribution in [0.2, 0.25) is 0 Å². The topological polar surface area (TPSA) is 29.3 Å². The van der Waals surface area contributed by atoms with Crippen LogP contribution in [0.3, 0.4) is 0 Å². The minimum atomic E-state index is 0.768. The van der Waals surface area contributed by atoms with Crippen LogP contribution in [0.5, 0.6) is 0 Å². The number of piperidine rings is 1. The molecule has 1 aromatic rings. The molecule has 0 aromatic heterocycles. The molecular weight excluding hydrogens is 172 g/mol. The average molecular weight is 188 g/mol. The molecule has 1 aliphatic carbocycles. The summed E-state index contributed by atoms with van der Waals surface area (Å²) in [6, 6.07) is 9.01. The van der Waals surface area contributed by atoms with E-state index < -0.39 is 0 Å². The van der Waals surface area contributed by atoms with Crippen molar-refractivity contribution in [2.24, 2.45) is 5.92 Å². The van der Waals surface area contributed by atoms with Gasteiger partial charge in [-0.3, -0.25) is 0 Å². The van der Waals surface area contributed by atoms with Crippen molar-refractivity contribution in [3.05, 3.63) is 24.3 Å². The van der Waals surface area contributed by atoms with E-state index in [0.29, 0.717) is 0 Å². The van der Waals surface area contributed by atoms with Crippen LogP contribution in [-0.4, -0.2) is 12.6 Å². The molecule has 1 aliphatic heterocycles. The van der Waals surface area contributed by atoms with Gasteiger partial charge in [0, 0.05) is 12.6 Å². The van der Waals surface area contributed by atoms with Gasteiger partial charge >= 0.3 is 0 Å². The second kappa shape index (κ2) is 2.91. The van der Waals surface area contributed by atoms with Gasteiger partial charge in [0.15, 0.2) is 0 Å². The Morgan fingerprint density at radius 1 is 1.21 bits per heavy atom. The summed E-state index contributed by atoms with van der Waals surface area (Å²) in [6.07, 6.45) is 4.17. The maximum absolute atomic E-state index is 5.99. The molecule has 1 heterocycles. The summed E-state index contributed by atoms with van der Waals surface area (Å²) < 4.78 is 0. The number of hydrogen-bond donors (Lipinski definition) is 1. The zero-order chi connectivity index (χ0) is 9.54. The summed E-state index contributed by atoms with van der Waals surface area (Å²) >= 11 is 0. The van der Waals surface area contributed by atoms with Crippen LogP contribution in [0.15, 0.2) is 24.3 Å². The van der Waals surface area contributed by atoms with Gasteiger partial charge < -0.3 is 10.6 Å². The van der Waals surface area contributed by atoms with Crippen molar-refractivity contribution in [1.29, 1.82) is 0 Å². The molecule has 2 atom stereocenters. The third kappa shape index (κ3) is 1.10. The number of anilines is 2. The van der Waals surface area contributed by atoms with Gasteiger partial charge in [-0.25, -0.2) is 0 Å². The number of hydrogen-bond acceptors (Lipinski definition) is 2. The van der Waals surface area contributed by atoms with E-state index in [2.05, 4.69) is 17.0 Å². The maximum Gasteiger partial charge on any atom is 0.0602 e. The zero-order valence-corrected chi connectivity index (χ0v) is 8.32. The predicted octanol–water partition coefficient (Wildman–Crippen LogP) is 2.26. The van der Waals surface area contributed by atoms with Crippen molar-refractivity contribution in [1.82, 2.24) is 0 Å². The van der Waals surface area contributed by atoms with Gasteiger partial charge in [0.2, 0.25) is 0 Å². The predicted molar refractivity (Wildman–Crippen MR) is 59.3 cm³/mol. The molecule has 1 saturated heterocycles. The number of rotatable bonds is 1. The van der Waals surface area contributed by atoms with Crippen LogP contribution in [-0.2, 0) is 0 Å². The van der Waals surface area contributed by atoms with Crippen LogP contribution in [0.4, 0.5) is 11.4 Å². The number of benzene rings is 1. The summed E-state index contributed by atoms with van der Waals surface area (Å²) in [6.45, 7) is 1.22. The number of nitrogens with two attached hydrogens (primary N) is 1. The van der Waals surface area contributed by atoms with Gasteiger partial charge in [-0.1, -0.05) is 12.1 Å². The van der Waals surface area contributed by atoms with Gasteiger partial charge in [-0.05, 0) is 37.3 Å². The minimum absolute atomic E-state index is 0.768. The van der Waals surface area contributed by atoms with Gasteiger partial charge in [-0.15, -0.1) is 0 Å². The van der Waals surface area contributed by atoms with Crippen LogP contribution in [0.25, 0.3) is 0 Å². The third-order valence-electron chi connectivity index (χ3n) is 3.66. The van der Waals surface area contributed by atoms with Crippen molar-refractivity contribution in [3.63, 3.8) is 0 Å². The maximum atomic E-state index is 5.99. The normalized spacial score (nSPS) is 29.9. The molecule has 0 unspecified atom stereocenters. The molecule has 2 nitrogen and oxygen atoms in total. The van der Waals surface area contributed by atoms with Crippen LogP contribution >= 0.6 is 0 Å². The van der Waals surface area contributed by atoms with Gasteiger partial charge in [0.1, 0.15) is 0 Å². The largest absolute Gasteiger partial charge is 0.397 e. The van der Waals surface area contributed by atoms with Crippen LogP contribution in [0, 0.1) is 5.92 Å². The van der Waals surface area contributed by atoms with E-state index in [4.69, 9.17) is 5.73 Å². The first-order valence-corrected chi connectivity index (χ1v) is 5.46. The molecule has 1 aromatic carbocycles. The van der Waals surface area contributed by atoms with Crippen LogP contribution < -0.4 is 10.6 Å². The fourth-order valence-electron chi connectivity index (χ4n) is 2.97. The van der Waals surface area contributed by atoms with E-state index in [-0.39, 0.29) is 0 Å². The lowest BCUT2D eigenvalue weighted by molar-refractivity contribution is 0.554. The van der Waals surface area contributed by atoms with Gasteiger partial charge in [0.25, 0.3) is 0 Å². The molecule has 74 valence electrons. The first-order chi connectivity index (χ1) is 6.84. The molecular formula is C12H16N2. The Balaban J connectivity index is 1.93. The molecule has 2 heteroatoms. The van der Waals surface area contributed by atoms with Crippen molar-refractivity contribution in [2.75, 3.05) is 17.2 Å². The summed E-state index contributed by atoms with van der Waals surface area (Å²) in [5.74, 6) is 0.930. The molecule has 0 radical (unpaired) electrons. The first kappa shape index (κ1) is 8.16. The Hall–Kier alpha value is -1.18. The highest BCUT2D eigenvalue weighted by Gasteiger charge is 2.38. The average Bonchev–Trinajstić information content (AvgIpc) is 2.79. The lowest BCUT2D eigenvalue weighted by Crippen LogP contribution is -2.32. The van der Waals surface area contributed by atoms with E-state index in [9.17, 15) is 0 Å². The molecule has 0 amide bonds. The number of fused-ring (bicyclic) bond motifs is 2. The fourth-order valence-corrected chi connectivity index (χ4v) is 2.97. The lowest BCUT2D eigenvalue weighted by atomic mass is 10.1. The third-order valence-corrected chi connectivity index (χ3v) is 3.66. The minimum Gasteiger partial charge on any atom is -0.397 e. The molecule has 2 N–H and O–H groups in total. The van der Waals surface area contributed by atoms with E-state index in [0.717, 1.165) is 17.6 Å². The monoisotopic (exact) mass is 188 g/mol. The molecule has 2 aliphatic rings. The van der Waals surface area contributed by atoms with Crippen LogP contribution in [0.1, 0.15) is 19.3 Å².